The fraction of sp³-hybridized carbons (Fsp3) is 0.515. The minimum absolute atomic E-state index is 0.0837. The normalized spacial score (nSPS) is 21.2. The Morgan fingerprint density at radius 1 is 1.09 bits per heavy atom. The number of nitrogens with zero attached hydrogens (tertiary/aromatic N) is 3. The van der Waals surface area contributed by atoms with E-state index in [2.05, 4.69) is 45.0 Å². The predicted octanol–water partition coefficient (Wildman–Crippen LogP) is 7.44. The number of benzene rings is 2. The van der Waals surface area contributed by atoms with Crippen molar-refractivity contribution in [3.05, 3.63) is 70.8 Å². The van der Waals surface area contributed by atoms with Gasteiger partial charge in [-0.1, -0.05) is 46.8 Å². The van der Waals surface area contributed by atoms with Crippen molar-refractivity contribution < 1.29 is 18.4 Å². The van der Waals surface area contributed by atoms with E-state index in [1.165, 1.54) is 12.1 Å². The quantitative estimate of drug-likeness (QED) is 0.159. The van der Waals surface area contributed by atoms with Gasteiger partial charge in [0.05, 0.1) is 12.6 Å². The van der Waals surface area contributed by atoms with Gasteiger partial charge in [0.15, 0.2) is 5.84 Å². The number of aliphatic imine (C=N–C) groups is 1. The molecule has 0 aromatic heterocycles. The van der Waals surface area contributed by atoms with Crippen LogP contribution < -0.4 is 5.32 Å². The van der Waals surface area contributed by atoms with Crippen molar-refractivity contribution in [1.82, 2.24) is 10.2 Å². The average Bonchev–Trinajstić information content (AvgIpc) is 3.22. The Hall–Kier alpha value is -3.82. The Morgan fingerprint density at radius 2 is 1.70 bits per heavy atom. The summed E-state index contributed by atoms with van der Waals surface area (Å²) in [5.41, 5.74) is 7.60. The zero-order chi connectivity index (χ0) is 31.5. The predicted molar refractivity (Wildman–Crippen MR) is 162 cm³/mol. The molecule has 3 N–H and O–H groups in total. The fourth-order valence-corrected chi connectivity index (χ4v) is 6.32. The molecule has 2 amide bonds. The van der Waals surface area contributed by atoms with Gasteiger partial charge in [-0.3, -0.25) is 20.0 Å². The molecule has 2 aromatic carbocycles. The van der Waals surface area contributed by atoms with Crippen LogP contribution in [-0.2, 0) is 4.79 Å². The molecule has 0 bridgehead atoms. The summed E-state index contributed by atoms with van der Waals surface area (Å²) >= 11 is 0. The average molecular weight is 593 g/mol. The number of amides is 2. The molecule has 1 aliphatic carbocycles. The second-order valence-corrected chi connectivity index (χ2v) is 13.3. The van der Waals surface area contributed by atoms with E-state index in [1.54, 1.807) is 12.1 Å². The number of nitrogens with one attached hydrogen (secondary N) is 3. The smallest absolute Gasteiger partial charge is 0.275 e. The van der Waals surface area contributed by atoms with Crippen molar-refractivity contribution in [3.8, 4) is 0 Å². The number of rotatable bonds is 9. The van der Waals surface area contributed by atoms with Gasteiger partial charge in [-0.05, 0) is 85.6 Å². The van der Waals surface area contributed by atoms with Crippen molar-refractivity contribution >= 4 is 23.4 Å². The summed E-state index contributed by atoms with van der Waals surface area (Å²) < 4.78 is 28.6. The maximum atomic E-state index is 14.3. The summed E-state index contributed by atoms with van der Waals surface area (Å²) in [6, 6.07) is 9.80. The summed E-state index contributed by atoms with van der Waals surface area (Å²) in [5, 5.41) is 13.0. The third-order valence-corrected chi connectivity index (χ3v) is 8.77. The monoisotopic (exact) mass is 592 g/mol. The zero-order valence-electron chi connectivity index (χ0n) is 25.6. The number of carbonyl (C=O) groups excluding carboxylic acids is 2. The molecule has 1 atom stereocenters. The first-order valence-electron chi connectivity index (χ1n) is 15.0. The summed E-state index contributed by atoms with van der Waals surface area (Å²) in [5.74, 6) is -1.69. The van der Waals surface area contributed by atoms with E-state index >= 15 is 0 Å². The summed E-state index contributed by atoms with van der Waals surface area (Å²) in [4.78, 5) is 33.8. The third kappa shape index (κ3) is 7.22. The number of hydrogen-bond acceptors (Lipinski definition) is 5. The molecule has 230 valence electrons. The highest BCUT2D eigenvalue weighted by Crippen LogP contribution is 2.50. The lowest BCUT2D eigenvalue weighted by Gasteiger charge is -2.47. The lowest BCUT2D eigenvalue weighted by atomic mass is 9.69. The Bertz CT molecular complexity index is 1390. The van der Waals surface area contributed by atoms with Gasteiger partial charge in [-0.15, -0.1) is 5.11 Å². The van der Waals surface area contributed by atoms with Crippen LogP contribution in [0.5, 0.6) is 0 Å². The van der Waals surface area contributed by atoms with Gasteiger partial charge in [0.25, 0.3) is 11.8 Å². The lowest BCUT2D eigenvalue weighted by Crippen LogP contribution is -2.51. The van der Waals surface area contributed by atoms with Gasteiger partial charge in [0, 0.05) is 17.2 Å². The Balaban J connectivity index is 1.74. The second-order valence-electron chi connectivity index (χ2n) is 13.3. The van der Waals surface area contributed by atoms with Crippen LogP contribution in [0.3, 0.4) is 0 Å². The highest BCUT2D eigenvalue weighted by Gasteiger charge is 2.52. The number of halogens is 2. The maximum Gasteiger partial charge on any atom is 0.275 e. The van der Waals surface area contributed by atoms with Crippen molar-refractivity contribution in [2.75, 3.05) is 6.54 Å². The molecule has 10 heteroatoms. The zero-order valence-corrected chi connectivity index (χ0v) is 25.6. The molecule has 2 aromatic rings. The van der Waals surface area contributed by atoms with Gasteiger partial charge in [0.1, 0.15) is 23.0 Å². The minimum atomic E-state index is -0.839. The molecule has 1 fully saturated rings. The van der Waals surface area contributed by atoms with Crippen molar-refractivity contribution in [2.24, 2.45) is 27.4 Å². The van der Waals surface area contributed by atoms with E-state index in [0.29, 0.717) is 36.7 Å². The van der Waals surface area contributed by atoms with Crippen LogP contribution >= 0.6 is 0 Å². The molecule has 0 saturated heterocycles. The highest BCUT2D eigenvalue weighted by atomic mass is 19.1. The largest absolute Gasteiger partial charge is 0.345 e. The number of carbonyl (C=O) groups is 2. The molecule has 43 heavy (non-hydrogen) atoms. The SMILES string of the molecule is CC(C)CC[C@H](c1ccc(C(=O)NCC(=N)N=N)cc1)N1C(=O)C(c2cc(F)cc(F)c2)=NC12CCC(C(C)(C)C)CC2. The van der Waals surface area contributed by atoms with Crippen LogP contribution in [0.4, 0.5) is 8.78 Å². The molecule has 0 radical (unpaired) electrons. The molecule has 1 saturated carbocycles. The van der Waals surface area contributed by atoms with Crippen LogP contribution in [0.25, 0.3) is 0 Å². The molecule has 1 aliphatic heterocycles. The van der Waals surface area contributed by atoms with E-state index < -0.39 is 23.2 Å². The molecule has 8 nitrogen and oxygen atoms in total. The van der Waals surface area contributed by atoms with Gasteiger partial charge in [-0.2, -0.15) is 0 Å². The van der Waals surface area contributed by atoms with E-state index in [-0.39, 0.29) is 41.0 Å². The standard InChI is InChI=1S/C33H42F2N6O2/c1-20(2)6-11-27(21-7-9-22(10-8-21)30(42)38-19-28(36)40-37)41-31(43)29(23-16-25(34)18-26(35)17-23)39-33(41)14-12-24(13-15-33)32(3,4)5/h7-10,16-18,20,24,27,36-37H,6,11-15,19H2,1-5H3,(H,38,42)/t24?,27-,33?/m1/s1. The van der Waals surface area contributed by atoms with Crippen molar-refractivity contribution in [3.63, 3.8) is 0 Å². The molecule has 1 heterocycles. The number of amidine groups is 1. The Labute approximate surface area is 252 Å². The van der Waals surface area contributed by atoms with E-state index in [0.717, 1.165) is 30.9 Å². The third-order valence-electron chi connectivity index (χ3n) is 8.77. The van der Waals surface area contributed by atoms with E-state index in [9.17, 15) is 18.4 Å². The van der Waals surface area contributed by atoms with Crippen molar-refractivity contribution in [2.45, 2.75) is 84.8 Å². The summed E-state index contributed by atoms with van der Waals surface area (Å²) in [6.07, 6.45) is 4.53. The molecular weight excluding hydrogens is 550 g/mol. The number of hydrogen-bond donors (Lipinski definition) is 3. The van der Waals surface area contributed by atoms with Crippen molar-refractivity contribution in [1.29, 1.82) is 10.9 Å². The second kappa shape index (κ2) is 12.8. The maximum absolute atomic E-state index is 14.3. The first-order valence-corrected chi connectivity index (χ1v) is 15.0. The summed E-state index contributed by atoms with van der Waals surface area (Å²) in [7, 11) is 0. The Kier molecular flexibility index (Phi) is 9.57. The highest BCUT2D eigenvalue weighted by molar-refractivity contribution is 6.46. The van der Waals surface area contributed by atoms with Crippen LogP contribution in [0.15, 0.2) is 52.6 Å². The first-order chi connectivity index (χ1) is 20.2. The lowest BCUT2D eigenvalue weighted by molar-refractivity contribution is -0.133. The van der Waals surface area contributed by atoms with Crippen LogP contribution in [-0.4, -0.2) is 40.5 Å². The molecule has 2 aliphatic rings. The molecule has 4 rings (SSSR count). The topological polar surface area (TPSA) is 122 Å². The van der Waals surface area contributed by atoms with Gasteiger partial charge < -0.3 is 10.2 Å². The minimum Gasteiger partial charge on any atom is -0.345 e. The molecule has 1 spiro atoms. The van der Waals surface area contributed by atoms with Gasteiger partial charge in [-0.25, -0.2) is 14.3 Å². The Morgan fingerprint density at radius 3 is 2.23 bits per heavy atom. The van der Waals surface area contributed by atoms with Crippen LogP contribution in [0, 0.1) is 39.8 Å². The molecular formula is C33H42F2N6O2. The van der Waals surface area contributed by atoms with Gasteiger partial charge >= 0.3 is 0 Å². The van der Waals surface area contributed by atoms with E-state index in [4.69, 9.17) is 15.9 Å². The summed E-state index contributed by atoms with van der Waals surface area (Å²) in [6.45, 7) is 10.8. The van der Waals surface area contributed by atoms with Gasteiger partial charge in [0.2, 0.25) is 0 Å². The fourth-order valence-electron chi connectivity index (χ4n) is 6.32. The van der Waals surface area contributed by atoms with Crippen LogP contribution in [0.2, 0.25) is 0 Å². The van der Waals surface area contributed by atoms with E-state index in [1.807, 2.05) is 17.0 Å². The molecule has 0 unspecified atom stereocenters. The first kappa shape index (κ1) is 32.1. The van der Waals surface area contributed by atoms with Crippen LogP contribution in [0.1, 0.15) is 101 Å².